The third kappa shape index (κ3) is 2.38. The molecule has 0 radical (unpaired) electrons. The largest absolute Gasteiger partial charge is 0.323 e. The predicted octanol–water partition coefficient (Wildman–Crippen LogP) is 2.82. The van der Waals surface area contributed by atoms with Gasteiger partial charge in [-0.25, -0.2) is 9.99 Å². The number of aromatic amines is 1. The highest BCUT2D eigenvalue weighted by Gasteiger charge is 2.07. The molecule has 0 atom stereocenters. The summed E-state index contributed by atoms with van der Waals surface area (Å²) in [5.41, 5.74) is 3.63. The Balaban J connectivity index is 1.90. The third-order valence-corrected chi connectivity index (χ3v) is 3.02. The van der Waals surface area contributed by atoms with Gasteiger partial charge in [-0.15, -0.1) is 0 Å². The van der Waals surface area contributed by atoms with Gasteiger partial charge in [0.05, 0.1) is 22.4 Å². The minimum absolute atomic E-state index is 0.710. The summed E-state index contributed by atoms with van der Waals surface area (Å²) in [4.78, 5) is 12.0. The number of hydrogen-bond donors (Lipinski definition) is 1. The first-order chi connectivity index (χ1) is 9.74. The number of imidazole rings is 1. The van der Waals surface area contributed by atoms with Crippen molar-refractivity contribution in [2.24, 2.45) is 5.10 Å². The van der Waals surface area contributed by atoms with Gasteiger partial charge in [-0.3, -0.25) is 4.98 Å². The lowest BCUT2D eigenvalue weighted by atomic mass is 10.3. The fraction of sp³-hybridized carbons (Fsp3) is 0.133. The average molecular weight is 265 g/mol. The van der Waals surface area contributed by atoms with E-state index in [1.807, 2.05) is 56.4 Å². The first-order valence-corrected chi connectivity index (χ1v) is 6.39. The Morgan fingerprint density at radius 1 is 1.15 bits per heavy atom. The second-order valence-electron chi connectivity index (χ2n) is 4.50. The summed E-state index contributed by atoms with van der Waals surface area (Å²) in [6.07, 6.45) is 1.76. The molecule has 0 aliphatic rings. The Labute approximate surface area is 117 Å². The number of hydrazone groups is 1. The zero-order chi connectivity index (χ0) is 13.9. The average Bonchev–Trinajstić information content (AvgIpc) is 2.92. The summed E-state index contributed by atoms with van der Waals surface area (Å²) >= 11 is 0. The Bertz CT molecular complexity index is 712. The number of anilines is 1. The van der Waals surface area contributed by atoms with Crippen molar-refractivity contribution >= 4 is 22.7 Å². The van der Waals surface area contributed by atoms with Crippen LogP contribution in [-0.4, -0.2) is 27.7 Å². The fourth-order valence-corrected chi connectivity index (χ4v) is 1.99. The number of nitrogens with zero attached hydrogens (tertiary/aromatic N) is 4. The molecule has 2 heterocycles. The van der Waals surface area contributed by atoms with Crippen molar-refractivity contribution in [2.45, 2.75) is 6.92 Å². The van der Waals surface area contributed by atoms with E-state index in [-0.39, 0.29) is 0 Å². The number of rotatable bonds is 3. The van der Waals surface area contributed by atoms with E-state index in [1.54, 1.807) is 11.2 Å². The molecular weight excluding hydrogens is 250 g/mol. The second-order valence-corrected chi connectivity index (χ2v) is 4.50. The quantitative estimate of drug-likeness (QED) is 0.585. The Hall–Kier alpha value is -2.69. The number of pyridine rings is 1. The second kappa shape index (κ2) is 5.13. The van der Waals surface area contributed by atoms with Crippen LogP contribution in [0.1, 0.15) is 12.6 Å². The molecule has 0 spiro atoms. The van der Waals surface area contributed by atoms with Crippen molar-refractivity contribution in [3.63, 3.8) is 0 Å². The summed E-state index contributed by atoms with van der Waals surface area (Å²) in [5, 5.41) is 6.23. The van der Waals surface area contributed by atoms with Crippen LogP contribution in [-0.2, 0) is 0 Å². The van der Waals surface area contributed by atoms with Gasteiger partial charge in [-0.1, -0.05) is 18.2 Å². The van der Waals surface area contributed by atoms with Gasteiger partial charge in [0.25, 0.3) is 0 Å². The van der Waals surface area contributed by atoms with E-state index >= 15 is 0 Å². The lowest BCUT2D eigenvalue weighted by Gasteiger charge is -2.10. The van der Waals surface area contributed by atoms with Gasteiger partial charge in [0, 0.05) is 13.2 Å². The lowest BCUT2D eigenvalue weighted by Crippen LogP contribution is -2.14. The maximum absolute atomic E-state index is 4.51. The number of aromatic nitrogens is 3. The molecule has 0 saturated carbocycles. The SMILES string of the molecule is C/C(=N\N(C)c1nc2ccccc2[nH]1)c1ccccn1. The highest BCUT2D eigenvalue weighted by molar-refractivity contribution is 5.97. The van der Waals surface area contributed by atoms with E-state index in [0.717, 1.165) is 22.4 Å². The topological polar surface area (TPSA) is 57.2 Å². The fourth-order valence-electron chi connectivity index (χ4n) is 1.99. The van der Waals surface area contributed by atoms with Crippen LogP contribution in [0.3, 0.4) is 0 Å². The maximum Gasteiger partial charge on any atom is 0.224 e. The highest BCUT2D eigenvalue weighted by Crippen LogP contribution is 2.16. The molecule has 5 nitrogen and oxygen atoms in total. The molecular formula is C15H15N5. The van der Waals surface area contributed by atoms with Crippen molar-refractivity contribution in [3.05, 3.63) is 54.4 Å². The Morgan fingerprint density at radius 2 is 1.95 bits per heavy atom. The van der Waals surface area contributed by atoms with Crippen LogP contribution >= 0.6 is 0 Å². The molecule has 2 aromatic heterocycles. The standard InChI is InChI=1S/C15H15N5/c1-11(12-7-5-6-10-16-12)19-20(2)15-17-13-8-3-4-9-14(13)18-15/h3-10H,1-2H3,(H,17,18)/b19-11+. The van der Waals surface area contributed by atoms with Crippen molar-refractivity contribution in [1.82, 2.24) is 15.0 Å². The molecule has 1 N–H and O–H groups in total. The minimum Gasteiger partial charge on any atom is -0.323 e. The molecule has 0 aliphatic carbocycles. The Morgan fingerprint density at radius 3 is 2.70 bits per heavy atom. The molecule has 3 aromatic rings. The van der Waals surface area contributed by atoms with E-state index in [1.165, 1.54) is 0 Å². The monoisotopic (exact) mass is 265 g/mol. The molecule has 1 aromatic carbocycles. The van der Waals surface area contributed by atoms with Gasteiger partial charge in [0.2, 0.25) is 5.95 Å². The van der Waals surface area contributed by atoms with Crippen molar-refractivity contribution in [3.8, 4) is 0 Å². The van der Waals surface area contributed by atoms with Crippen LogP contribution in [0.15, 0.2) is 53.8 Å². The van der Waals surface area contributed by atoms with Crippen LogP contribution in [0.25, 0.3) is 11.0 Å². The van der Waals surface area contributed by atoms with Crippen LogP contribution < -0.4 is 5.01 Å². The minimum atomic E-state index is 0.710. The molecule has 0 fully saturated rings. The van der Waals surface area contributed by atoms with E-state index in [0.29, 0.717) is 5.95 Å². The van der Waals surface area contributed by atoms with Crippen LogP contribution in [0, 0.1) is 0 Å². The molecule has 0 amide bonds. The van der Waals surface area contributed by atoms with Crippen molar-refractivity contribution < 1.29 is 0 Å². The summed E-state index contributed by atoms with van der Waals surface area (Å²) in [7, 11) is 1.87. The Kier molecular flexibility index (Phi) is 3.16. The van der Waals surface area contributed by atoms with Crippen LogP contribution in [0.5, 0.6) is 0 Å². The third-order valence-electron chi connectivity index (χ3n) is 3.02. The summed E-state index contributed by atoms with van der Waals surface area (Å²) in [5.74, 6) is 0.710. The van der Waals surface area contributed by atoms with Gasteiger partial charge in [0.15, 0.2) is 0 Å². The van der Waals surface area contributed by atoms with Crippen molar-refractivity contribution in [1.29, 1.82) is 0 Å². The number of para-hydroxylation sites is 2. The molecule has 0 aliphatic heterocycles. The molecule has 3 rings (SSSR count). The van der Waals surface area contributed by atoms with Gasteiger partial charge < -0.3 is 4.98 Å². The number of nitrogens with one attached hydrogen (secondary N) is 1. The van der Waals surface area contributed by atoms with E-state index in [4.69, 9.17) is 0 Å². The summed E-state index contributed by atoms with van der Waals surface area (Å²) in [6, 6.07) is 13.7. The molecule has 0 saturated heterocycles. The van der Waals surface area contributed by atoms with Crippen molar-refractivity contribution in [2.75, 3.05) is 12.1 Å². The molecule has 0 bridgehead atoms. The van der Waals surface area contributed by atoms with Gasteiger partial charge in [-0.05, 0) is 31.2 Å². The molecule has 100 valence electrons. The lowest BCUT2D eigenvalue weighted by molar-refractivity contribution is 0.955. The number of hydrogen-bond acceptors (Lipinski definition) is 4. The summed E-state index contributed by atoms with van der Waals surface area (Å²) in [6.45, 7) is 1.93. The zero-order valence-electron chi connectivity index (χ0n) is 11.4. The van der Waals surface area contributed by atoms with Gasteiger partial charge in [-0.2, -0.15) is 5.10 Å². The maximum atomic E-state index is 4.51. The predicted molar refractivity (Wildman–Crippen MR) is 80.9 cm³/mol. The van der Waals surface area contributed by atoms with E-state index in [9.17, 15) is 0 Å². The van der Waals surface area contributed by atoms with Gasteiger partial charge >= 0.3 is 0 Å². The zero-order valence-corrected chi connectivity index (χ0v) is 11.4. The van der Waals surface area contributed by atoms with E-state index in [2.05, 4.69) is 20.1 Å². The molecule has 20 heavy (non-hydrogen) atoms. The number of fused-ring (bicyclic) bond motifs is 1. The smallest absolute Gasteiger partial charge is 0.224 e. The van der Waals surface area contributed by atoms with Crippen LogP contribution in [0.4, 0.5) is 5.95 Å². The summed E-state index contributed by atoms with van der Waals surface area (Å²) < 4.78 is 0. The molecule has 5 heteroatoms. The highest BCUT2D eigenvalue weighted by atomic mass is 15.5. The first kappa shape index (κ1) is 12.3. The molecule has 0 unspecified atom stereocenters. The number of benzene rings is 1. The first-order valence-electron chi connectivity index (χ1n) is 6.39. The van der Waals surface area contributed by atoms with Crippen LogP contribution in [0.2, 0.25) is 0 Å². The van der Waals surface area contributed by atoms with Gasteiger partial charge in [0.1, 0.15) is 0 Å². The normalized spacial score (nSPS) is 11.8. The number of H-pyrrole nitrogens is 1. The van der Waals surface area contributed by atoms with E-state index < -0.39 is 0 Å².